The minimum absolute atomic E-state index is 0.0226. The van der Waals surface area contributed by atoms with Gasteiger partial charge in [-0.05, 0) is 42.3 Å². The van der Waals surface area contributed by atoms with Gasteiger partial charge in [0.05, 0.1) is 17.2 Å². The standard InChI is InChI=1S/C14H13ClFNO3S/c1-9-10(8-18)3-2-4-14(9)21(19,20)17-13-6-11(15)5-12(16)7-13/h2-7,17-18H,8H2,1H3. The van der Waals surface area contributed by atoms with E-state index in [0.717, 1.165) is 12.1 Å². The molecule has 0 atom stereocenters. The second-order valence-corrected chi connectivity index (χ2v) is 6.55. The first-order chi connectivity index (χ1) is 9.83. The number of nitrogens with one attached hydrogen (secondary N) is 1. The molecule has 0 unspecified atom stereocenters. The summed E-state index contributed by atoms with van der Waals surface area (Å²) in [5.41, 5.74) is 0.985. The van der Waals surface area contributed by atoms with Crippen LogP contribution in [-0.4, -0.2) is 13.5 Å². The molecular formula is C14H13ClFNO3S. The maximum atomic E-state index is 13.3. The minimum Gasteiger partial charge on any atom is -0.392 e. The quantitative estimate of drug-likeness (QED) is 0.906. The normalized spacial score (nSPS) is 11.4. The molecule has 7 heteroatoms. The van der Waals surface area contributed by atoms with Crippen LogP contribution in [-0.2, 0) is 16.6 Å². The zero-order chi connectivity index (χ0) is 15.6. The molecule has 21 heavy (non-hydrogen) atoms. The Bertz CT molecular complexity index is 758. The Kier molecular flexibility index (Phi) is 4.51. The van der Waals surface area contributed by atoms with E-state index in [0.29, 0.717) is 11.1 Å². The molecule has 0 aliphatic heterocycles. The summed E-state index contributed by atoms with van der Waals surface area (Å²) in [4.78, 5) is 0.0226. The Morgan fingerprint density at radius 2 is 2.00 bits per heavy atom. The van der Waals surface area contributed by atoms with Gasteiger partial charge in [0.1, 0.15) is 5.82 Å². The molecule has 2 N–H and O–H groups in total. The zero-order valence-electron chi connectivity index (χ0n) is 11.1. The number of halogens is 2. The highest BCUT2D eigenvalue weighted by Crippen LogP contribution is 2.24. The van der Waals surface area contributed by atoms with Gasteiger partial charge in [-0.25, -0.2) is 12.8 Å². The lowest BCUT2D eigenvalue weighted by Gasteiger charge is -2.12. The summed E-state index contributed by atoms with van der Waals surface area (Å²) in [5, 5.41) is 9.28. The first-order valence-corrected chi connectivity index (χ1v) is 7.88. The highest BCUT2D eigenvalue weighted by molar-refractivity contribution is 7.92. The fourth-order valence-electron chi connectivity index (χ4n) is 1.95. The van der Waals surface area contributed by atoms with Gasteiger partial charge in [-0.1, -0.05) is 23.7 Å². The highest BCUT2D eigenvalue weighted by Gasteiger charge is 2.18. The lowest BCUT2D eigenvalue weighted by molar-refractivity contribution is 0.280. The lowest BCUT2D eigenvalue weighted by atomic mass is 10.1. The average Bonchev–Trinajstić information content (AvgIpc) is 2.36. The van der Waals surface area contributed by atoms with Gasteiger partial charge >= 0.3 is 0 Å². The third-order valence-electron chi connectivity index (χ3n) is 2.97. The summed E-state index contributed by atoms with van der Waals surface area (Å²) in [6.45, 7) is 1.33. The topological polar surface area (TPSA) is 66.4 Å². The van der Waals surface area contributed by atoms with Crippen LogP contribution in [0.2, 0.25) is 5.02 Å². The summed E-state index contributed by atoms with van der Waals surface area (Å²) in [6.07, 6.45) is 0. The first-order valence-electron chi connectivity index (χ1n) is 6.02. The van der Waals surface area contributed by atoms with Crippen molar-refractivity contribution in [3.8, 4) is 0 Å². The van der Waals surface area contributed by atoms with Crippen LogP contribution in [0.3, 0.4) is 0 Å². The third-order valence-corrected chi connectivity index (χ3v) is 4.71. The molecule has 0 fully saturated rings. The van der Waals surface area contributed by atoms with Crippen molar-refractivity contribution < 1.29 is 17.9 Å². The molecule has 0 saturated heterocycles. The van der Waals surface area contributed by atoms with Crippen LogP contribution in [0.4, 0.5) is 10.1 Å². The van der Waals surface area contributed by atoms with Crippen LogP contribution in [0.15, 0.2) is 41.3 Å². The van der Waals surface area contributed by atoms with Crippen LogP contribution in [0.5, 0.6) is 0 Å². The van der Waals surface area contributed by atoms with Gasteiger partial charge in [0, 0.05) is 5.02 Å². The molecule has 2 aromatic carbocycles. The summed E-state index contributed by atoms with van der Waals surface area (Å²) in [7, 11) is -3.90. The van der Waals surface area contributed by atoms with Crippen molar-refractivity contribution in [2.24, 2.45) is 0 Å². The molecule has 0 saturated carbocycles. The van der Waals surface area contributed by atoms with E-state index in [1.165, 1.54) is 18.2 Å². The number of aliphatic hydroxyl groups excluding tert-OH is 1. The second kappa shape index (κ2) is 6.01. The Morgan fingerprint density at radius 1 is 1.29 bits per heavy atom. The molecule has 2 aromatic rings. The van der Waals surface area contributed by atoms with Crippen molar-refractivity contribution >= 4 is 27.3 Å². The van der Waals surface area contributed by atoms with Crippen molar-refractivity contribution in [2.45, 2.75) is 18.4 Å². The molecule has 0 aliphatic carbocycles. The summed E-state index contributed by atoms with van der Waals surface area (Å²) < 4.78 is 40.2. The van der Waals surface area contributed by atoms with Crippen LogP contribution < -0.4 is 4.72 Å². The number of hydrogen-bond donors (Lipinski definition) is 2. The van der Waals surface area contributed by atoms with Gasteiger partial charge in [-0.2, -0.15) is 0 Å². The van der Waals surface area contributed by atoms with E-state index in [1.807, 2.05) is 0 Å². The van der Waals surface area contributed by atoms with Gasteiger partial charge in [0.15, 0.2) is 0 Å². The average molecular weight is 330 g/mol. The van der Waals surface area contributed by atoms with Crippen molar-refractivity contribution in [3.05, 3.63) is 58.4 Å². The van der Waals surface area contributed by atoms with Gasteiger partial charge in [0.2, 0.25) is 0 Å². The van der Waals surface area contributed by atoms with Crippen LogP contribution in [0.1, 0.15) is 11.1 Å². The molecule has 112 valence electrons. The second-order valence-electron chi connectivity index (χ2n) is 4.46. The van der Waals surface area contributed by atoms with Crippen molar-refractivity contribution in [3.63, 3.8) is 0 Å². The van der Waals surface area contributed by atoms with Crippen LogP contribution in [0.25, 0.3) is 0 Å². The number of benzene rings is 2. The van der Waals surface area contributed by atoms with Gasteiger partial charge in [0.25, 0.3) is 10.0 Å². The SMILES string of the molecule is Cc1c(CO)cccc1S(=O)(=O)Nc1cc(F)cc(Cl)c1. The number of hydrogen-bond acceptors (Lipinski definition) is 3. The monoisotopic (exact) mass is 329 g/mol. The fraction of sp³-hybridized carbons (Fsp3) is 0.143. The van der Waals surface area contributed by atoms with Crippen molar-refractivity contribution in [1.29, 1.82) is 0 Å². The molecule has 0 heterocycles. The van der Waals surface area contributed by atoms with Gasteiger partial charge in [-0.3, -0.25) is 4.72 Å². The molecule has 0 aromatic heterocycles. The van der Waals surface area contributed by atoms with Crippen LogP contribution in [0, 0.1) is 12.7 Å². The Hall–Kier alpha value is -1.63. The minimum atomic E-state index is -3.90. The summed E-state index contributed by atoms with van der Waals surface area (Å²) in [5.74, 6) is -0.638. The molecule has 0 spiro atoms. The first kappa shape index (κ1) is 15.8. The van der Waals surface area contributed by atoms with E-state index in [-0.39, 0.29) is 22.2 Å². The van der Waals surface area contributed by atoms with Crippen LogP contribution >= 0.6 is 11.6 Å². The van der Waals surface area contributed by atoms with E-state index in [1.54, 1.807) is 13.0 Å². The van der Waals surface area contributed by atoms with Crippen molar-refractivity contribution in [1.82, 2.24) is 0 Å². The fourth-order valence-corrected chi connectivity index (χ4v) is 3.50. The molecule has 0 radical (unpaired) electrons. The lowest BCUT2D eigenvalue weighted by Crippen LogP contribution is -2.15. The zero-order valence-corrected chi connectivity index (χ0v) is 12.7. The molecule has 2 rings (SSSR count). The summed E-state index contributed by atoms with van der Waals surface area (Å²) >= 11 is 5.70. The Morgan fingerprint density at radius 3 is 2.62 bits per heavy atom. The summed E-state index contributed by atoms with van der Waals surface area (Å²) in [6, 6.07) is 8.01. The maximum absolute atomic E-state index is 13.3. The molecule has 4 nitrogen and oxygen atoms in total. The number of sulfonamides is 1. The van der Waals surface area contributed by atoms with E-state index in [2.05, 4.69) is 4.72 Å². The molecule has 0 amide bonds. The maximum Gasteiger partial charge on any atom is 0.262 e. The number of rotatable bonds is 4. The Labute approximate surface area is 127 Å². The molecule has 0 aliphatic rings. The molecule has 0 bridgehead atoms. The third kappa shape index (κ3) is 3.53. The van der Waals surface area contributed by atoms with E-state index in [9.17, 15) is 17.9 Å². The smallest absolute Gasteiger partial charge is 0.262 e. The predicted octanol–water partition coefficient (Wildman–Crippen LogP) is 3.08. The van der Waals surface area contributed by atoms with Gasteiger partial charge in [-0.15, -0.1) is 0 Å². The van der Waals surface area contributed by atoms with E-state index >= 15 is 0 Å². The predicted molar refractivity (Wildman–Crippen MR) is 79.3 cm³/mol. The molecular weight excluding hydrogens is 317 g/mol. The van der Waals surface area contributed by atoms with E-state index < -0.39 is 15.8 Å². The van der Waals surface area contributed by atoms with Crippen molar-refractivity contribution in [2.75, 3.05) is 4.72 Å². The number of anilines is 1. The van der Waals surface area contributed by atoms with E-state index in [4.69, 9.17) is 11.6 Å². The van der Waals surface area contributed by atoms with Gasteiger partial charge < -0.3 is 5.11 Å². The largest absolute Gasteiger partial charge is 0.392 e. The highest BCUT2D eigenvalue weighted by atomic mass is 35.5. The Balaban J connectivity index is 2.43. The number of aliphatic hydroxyl groups is 1.